The number of hydrogen-bond acceptors (Lipinski definition) is 8. The quantitative estimate of drug-likeness (QED) is 0.0157. The third kappa shape index (κ3) is 19.0. The van der Waals surface area contributed by atoms with Crippen LogP contribution >= 0.6 is 0 Å². The number of amides is 8. The molecule has 16 aromatic rings. The summed E-state index contributed by atoms with van der Waals surface area (Å²) in [5.74, 6) is -3.25. The molecule has 125 heavy (non-hydrogen) atoms. The fourth-order valence-corrected chi connectivity index (χ4v) is 15.4. The SMILES string of the molecule is O=C(NC(=O)c1ccc(NC(=O)c2ccc(/C=C/c3ccc(C(=O)Nc4ccc(C(=O)Nc5ccc(C(c6ccccc6)(c6ccccc6)c6ccccc6)cc5)cc4)cc3)cc2)cc1)c1ccc(NC(=O)c2ccc(/C=C/c3ccc(C(=O)Nc4ccc(C(=O)Nc5ccc(C(c6ccccc6)(c6ccccc6)c6ccccc6)cc5)cc4)cc3)cc2)cc1. The second kappa shape index (κ2) is 37.9. The molecule has 0 bridgehead atoms. The average Bonchev–Trinajstić information content (AvgIpc) is 0.739. The van der Waals surface area contributed by atoms with E-state index >= 15 is 0 Å². The average molecular weight is 1630 g/mol. The van der Waals surface area contributed by atoms with Crippen LogP contribution in [0.15, 0.2) is 425 Å². The van der Waals surface area contributed by atoms with Gasteiger partial charge in [-0.3, -0.25) is 43.7 Å². The zero-order valence-electron chi connectivity index (χ0n) is 67.5. The van der Waals surface area contributed by atoms with E-state index in [1.807, 2.05) is 109 Å². The topological polar surface area (TPSA) is 221 Å². The lowest BCUT2D eigenvalue weighted by atomic mass is 9.65. The molecule has 0 unspecified atom stereocenters. The number of carbonyl (C=O) groups is 8. The van der Waals surface area contributed by atoms with Gasteiger partial charge in [-0.05, 0) is 237 Å². The molecule has 604 valence electrons. The molecule has 0 aliphatic heterocycles. The molecule has 0 aliphatic carbocycles. The van der Waals surface area contributed by atoms with Gasteiger partial charge >= 0.3 is 0 Å². The molecule has 7 N–H and O–H groups in total. The largest absolute Gasteiger partial charge is 0.322 e. The Kier molecular flexibility index (Phi) is 24.8. The van der Waals surface area contributed by atoms with Gasteiger partial charge in [-0.1, -0.05) is 279 Å². The van der Waals surface area contributed by atoms with E-state index in [1.54, 1.807) is 146 Å². The van der Waals surface area contributed by atoms with E-state index in [-0.39, 0.29) is 46.6 Å². The summed E-state index contributed by atoms with van der Waals surface area (Å²) in [5.41, 5.74) is 17.0. The summed E-state index contributed by atoms with van der Waals surface area (Å²) in [6, 6.07) is 132. The van der Waals surface area contributed by atoms with Crippen LogP contribution in [0.4, 0.5) is 34.1 Å². The number of benzene rings is 16. The van der Waals surface area contributed by atoms with Gasteiger partial charge in [0.1, 0.15) is 0 Å². The normalized spacial score (nSPS) is 11.2. The zero-order chi connectivity index (χ0) is 85.9. The Morgan fingerprint density at radius 3 is 0.456 bits per heavy atom. The van der Waals surface area contributed by atoms with Crippen molar-refractivity contribution in [2.24, 2.45) is 0 Å². The van der Waals surface area contributed by atoms with Gasteiger partial charge < -0.3 is 31.9 Å². The second-order valence-electron chi connectivity index (χ2n) is 29.8. The van der Waals surface area contributed by atoms with Crippen molar-refractivity contribution in [2.45, 2.75) is 10.8 Å². The van der Waals surface area contributed by atoms with Crippen LogP contribution in [0.25, 0.3) is 24.3 Å². The van der Waals surface area contributed by atoms with E-state index < -0.39 is 22.6 Å². The minimum absolute atomic E-state index is 0.186. The molecule has 8 amide bonds. The van der Waals surface area contributed by atoms with Gasteiger partial charge in [0.05, 0.1) is 10.8 Å². The first-order valence-electron chi connectivity index (χ1n) is 40.6. The molecule has 0 spiro atoms. The number of carbonyl (C=O) groups excluding carboxylic acids is 8. The summed E-state index contributed by atoms with van der Waals surface area (Å²) in [4.78, 5) is 107. The fourth-order valence-electron chi connectivity index (χ4n) is 15.4. The van der Waals surface area contributed by atoms with Gasteiger partial charge in [0.2, 0.25) is 0 Å². The molecule has 15 heteroatoms. The Labute approximate surface area is 723 Å². The Morgan fingerprint density at radius 2 is 0.288 bits per heavy atom. The molecule has 0 aromatic heterocycles. The van der Waals surface area contributed by atoms with Crippen LogP contribution in [-0.4, -0.2) is 47.3 Å². The molecule has 0 atom stereocenters. The van der Waals surface area contributed by atoms with Crippen molar-refractivity contribution in [3.8, 4) is 0 Å². The molecule has 0 saturated heterocycles. The van der Waals surface area contributed by atoms with Gasteiger partial charge in [-0.25, -0.2) is 0 Å². The first-order valence-corrected chi connectivity index (χ1v) is 40.6. The molecule has 0 radical (unpaired) electrons. The maximum Gasteiger partial charge on any atom is 0.258 e. The molecule has 0 saturated carbocycles. The minimum atomic E-state index is -0.650. The minimum Gasteiger partial charge on any atom is -0.322 e. The third-order valence-corrected chi connectivity index (χ3v) is 21.9. The van der Waals surface area contributed by atoms with Crippen LogP contribution in [0.5, 0.6) is 0 Å². The molecular formula is C110H81N7O8. The molecule has 0 heterocycles. The summed E-state index contributed by atoms with van der Waals surface area (Å²) in [6.45, 7) is 0. The number of rotatable bonds is 26. The van der Waals surface area contributed by atoms with Crippen molar-refractivity contribution in [1.29, 1.82) is 0 Å². The highest BCUT2D eigenvalue weighted by atomic mass is 16.2. The molecule has 16 aromatic carbocycles. The van der Waals surface area contributed by atoms with Crippen molar-refractivity contribution >= 4 is 106 Å². The van der Waals surface area contributed by atoms with E-state index in [1.165, 1.54) is 24.3 Å². The van der Waals surface area contributed by atoms with E-state index in [9.17, 15) is 38.4 Å². The zero-order valence-corrected chi connectivity index (χ0v) is 67.5. The van der Waals surface area contributed by atoms with Gasteiger partial charge in [-0.2, -0.15) is 0 Å². The standard InChI is InChI=1S/C110H81N7O8/c118-101(111-95-63-51-83(52-64-95)105(122)115-99-71-59-93(60-72-99)109(87-19-7-1-8-20-87,88-21-9-2-10-22-88)89-23-11-3-12-24-89)79-43-35-75(36-44-79)31-33-77-39-47-81(48-40-77)103(120)113-97-67-55-85(56-68-97)107(124)117-108(125)86-57-69-98(70-58-86)114-104(121)82-49-41-78(42-50-82)34-32-76-37-45-80(46-38-76)102(119)112-96-65-53-84(54-66-96)106(123)116-100-73-61-94(62-74-100)110(90-25-13-4-14-26-90,91-27-15-5-16-28-91)92-29-17-6-18-30-92/h1-74H,(H,111,118)(H,112,119)(H,113,120)(H,114,121)(H,115,122)(H,116,123)(H,117,124,125)/b33-31+,34-32+. The molecular weight excluding hydrogens is 1550 g/mol. The summed E-state index contributed by atoms with van der Waals surface area (Å²) < 4.78 is 0. The lowest BCUT2D eigenvalue weighted by molar-refractivity contribution is 0.0845. The Bertz CT molecular complexity index is 5990. The Hall–Kier alpha value is -17.0. The van der Waals surface area contributed by atoms with Gasteiger partial charge in [-0.15, -0.1) is 0 Å². The van der Waals surface area contributed by atoms with Crippen LogP contribution in [0.2, 0.25) is 0 Å². The second-order valence-corrected chi connectivity index (χ2v) is 29.8. The van der Waals surface area contributed by atoms with Crippen LogP contribution in [0.1, 0.15) is 150 Å². The Balaban J connectivity index is 0.443. The molecule has 0 aliphatic rings. The van der Waals surface area contributed by atoms with Crippen molar-refractivity contribution < 1.29 is 38.4 Å². The summed E-state index contributed by atoms with van der Waals surface area (Å²) in [6.07, 6.45) is 7.57. The van der Waals surface area contributed by atoms with Crippen LogP contribution in [0, 0.1) is 0 Å². The first kappa shape index (κ1) is 81.7. The number of imide groups is 1. The van der Waals surface area contributed by atoms with Crippen molar-refractivity contribution in [2.75, 3.05) is 31.9 Å². The van der Waals surface area contributed by atoms with Gasteiger partial charge in [0, 0.05) is 78.6 Å². The first-order chi connectivity index (χ1) is 61.2. The predicted molar refractivity (Wildman–Crippen MR) is 498 cm³/mol. The van der Waals surface area contributed by atoms with Crippen molar-refractivity contribution in [1.82, 2.24) is 5.32 Å². The maximum atomic E-state index is 13.6. The van der Waals surface area contributed by atoms with Crippen LogP contribution in [-0.2, 0) is 10.8 Å². The predicted octanol–water partition coefficient (Wildman–Crippen LogP) is 22.9. The van der Waals surface area contributed by atoms with Gasteiger partial charge in [0.25, 0.3) is 47.3 Å². The van der Waals surface area contributed by atoms with Crippen molar-refractivity contribution in [3.05, 3.63) is 536 Å². The third-order valence-electron chi connectivity index (χ3n) is 21.9. The van der Waals surface area contributed by atoms with E-state index in [0.29, 0.717) is 67.5 Å². The lowest BCUT2D eigenvalue weighted by Crippen LogP contribution is -2.31. The summed E-state index contributed by atoms with van der Waals surface area (Å²) >= 11 is 0. The lowest BCUT2D eigenvalue weighted by Gasteiger charge is -2.37. The highest BCUT2D eigenvalue weighted by Gasteiger charge is 2.40. The summed E-state index contributed by atoms with van der Waals surface area (Å²) in [5, 5.41) is 20.0. The number of anilines is 6. The van der Waals surface area contributed by atoms with E-state index in [4.69, 9.17) is 0 Å². The number of hydrogen-bond donors (Lipinski definition) is 7. The Morgan fingerprint density at radius 1 is 0.152 bits per heavy atom. The monoisotopic (exact) mass is 1630 g/mol. The van der Waals surface area contributed by atoms with Gasteiger partial charge in [0.15, 0.2) is 0 Å². The van der Waals surface area contributed by atoms with Crippen LogP contribution in [0.3, 0.4) is 0 Å². The summed E-state index contributed by atoms with van der Waals surface area (Å²) in [7, 11) is 0. The van der Waals surface area contributed by atoms with E-state index in [2.05, 4.69) is 207 Å². The highest BCUT2D eigenvalue weighted by molar-refractivity contribution is 6.12. The van der Waals surface area contributed by atoms with Crippen molar-refractivity contribution in [3.63, 3.8) is 0 Å². The molecule has 15 nitrogen and oxygen atoms in total. The highest BCUT2D eigenvalue weighted by Crippen LogP contribution is 2.47. The molecule has 0 fully saturated rings. The molecule has 16 rings (SSSR count). The van der Waals surface area contributed by atoms with Crippen LogP contribution < -0.4 is 37.2 Å². The fraction of sp³-hybridized carbons (Fsp3) is 0.0182. The van der Waals surface area contributed by atoms with E-state index in [0.717, 1.165) is 66.8 Å². The number of nitrogens with one attached hydrogen (secondary N) is 7. The smallest absolute Gasteiger partial charge is 0.258 e. The maximum absolute atomic E-state index is 13.6.